The Kier molecular flexibility index (Phi) is 2.46. The molecular weight excluding hydrogens is 234 g/mol. The molecule has 0 aromatic carbocycles. The minimum absolute atomic E-state index is 0.00594. The lowest BCUT2D eigenvalue weighted by molar-refractivity contribution is -0.139. The van der Waals surface area contributed by atoms with Gasteiger partial charge in [-0.15, -0.1) is 0 Å². The second kappa shape index (κ2) is 3.89. The molecule has 2 N–H and O–H groups in total. The highest BCUT2D eigenvalue weighted by Crippen LogP contribution is 2.24. The summed E-state index contributed by atoms with van der Waals surface area (Å²) in [5.41, 5.74) is 7.08. The summed E-state index contributed by atoms with van der Waals surface area (Å²) in [6.45, 7) is 5.00. The monoisotopic (exact) mass is 249 g/mol. The van der Waals surface area contributed by atoms with Crippen molar-refractivity contribution in [2.45, 2.75) is 32.3 Å². The summed E-state index contributed by atoms with van der Waals surface area (Å²) in [6.07, 6.45) is 3.13. The molecule has 0 amide bonds. The first-order valence-corrected chi connectivity index (χ1v) is 5.78. The highest BCUT2D eigenvalue weighted by Gasteiger charge is 2.33. The van der Waals surface area contributed by atoms with Crippen LogP contribution in [0.1, 0.15) is 13.8 Å². The molecule has 7 heteroatoms. The second-order valence-corrected chi connectivity index (χ2v) is 4.78. The fourth-order valence-corrected chi connectivity index (χ4v) is 2.10. The Balaban J connectivity index is 1.86. The van der Waals surface area contributed by atoms with E-state index in [9.17, 15) is 0 Å². The van der Waals surface area contributed by atoms with Gasteiger partial charge in [-0.05, 0) is 13.8 Å². The molecule has 2 aromatic rings. The van der Waals surface area contributed by atoms with E-state index >= 15 is 0 Å². The lowest BCUT2D eigenvalue weighted by Crippen LogP contribution is -2.24. The summed E-state index contributed by atoms with van der Waals surface area (Å²) in [4.78, 5) is 12.3. The summed E-state index contributed by atoms with van der Waals surface area (Å²) in [7, 11) is 0. The van der Waals surface area contributed by atoms with Crippen LogP contribution in [-0.4, -0.2) is 38.0 Å². The molecule has 3 rings (SSSR count). The Hall–Kier alpha value is -1.73. The average molecular weight is 249 g/mol. The van der Waals surface area contributed by atoms with Crippen LogP contribution in [0.25, 0.3) is 11.2 Å². The zero-order chi connectivity index (χ0) is 12.8. The minimum Gasteiger partial charge on any atom is -0.382 e. The molecule has 1 atom stereocenters. The van der Waals surface area contributed by atoms with E-state index in [1.807, 2.05) is 18.4 Å². The molecule has 1 unspecified atom stereocenters. The molecular formula is C11H15N5O2. The second-order valence-electron chi connectivity index (χ2n) is 4.78. The van der Waals surface area contributed by atoms with Crippen LogP contribution < -0.4 is 5.73 Å². The number of ether oxygens (including phenoxy) is 2. The average Bonchev–Trinajstić information content (AvgIpc) is 2.85. The van der Waals surface area contributed by atoms with Crippen LogP contribution in [0.2, 0.25) is 0 Å². The maximum Gasteiger partial charge on any atom is 0.165 e. The summed E-state index contributed by atoms with van der Waals surface area (Å²) in [6, 6.07) is 0. The molecule has 2 aromatic heterocycles. The van der Waals surface area contributed by atoms with Crippen LogP contribution in [0.3, 0.4) is 0 Å². The van der Waals surface area contributed by atoms with Gasteiger partial charge in [0.05, 0.1) is 19.5 Å². The highest BCUT2D eigenvalue weighted by molar-refractivity contribution is 5.81. The number of anilines is 1. The van der Waals surface area contributed by atoms with E-state index in [-0.39, 0.29) is 6.10 Å². The SMILES string of the molecule is CC1(C)OCC(Cn2cnc3c(N)ncnc32)O1. The van der Waals surface area contributed by atoms with E-state index < -0.39 is 5.79 Å². The van der Waals surface area contributed by atoms with E-state index in [0.29, 0.717) is 24.5 Å². The number of hydrogen-bond donors (Lipinski definition) is 1. The molecule has 96 valence electrons. The number of aromatic nitrogens is 4. The van der Waals surface area contributed by atoms with Crippen LogP contribution in [0, 0.1) is 0 Å². The molecule has 1 fully saturated rings. The van der Waals surface area contributed by atoms with Gasteiger partial charge in [0.2, 0.25) is 0 Å². The summed E-state index contributed by atoms with van der Waals surface area (Å²) in [5.74, 6) is -0.127. The van der Waals surface area contributed by atoms with Gasteiger partial charge in [0.25, 0.3) is 0 Å². The van der Waals surface area contributed by atoms with E-state index in [1.165, 1.54) is 6.33 Å². The molecule has 0 spiro atoms. The number of nitrogen functional groups attached to an aromatic ring is 1. The van der Waals surface area contributed by atoms with Crippen LogP contribution in [0.4, 0.5) is 5.82 Å². The molecule has 7 nitrogen and oxygen atoms in total. The Labute approximate surface area is 104 Å². The number of imidazole rings is 1. The normalized spacial score (nSPS) is 22.7. The van der Waals surface area contributed by atoms with Gasteiger partial charge >= 0.3 is 0 Å². The van der Waals surface area contributed by atoms with Crippen molar-refractivity contribution >= 4 is 17.0 Å². The maximum atomic E-state index is 5.76. The number of nitrogens with two attached hydrogens (primary N) is 1. The van der Waals surface area contributed by atoms with E-state index in [1.54, 1.807) is 6.33 Å². The summed E-state index contributed by atoms with van der Waals surface area (Å²) >= 11 is 0. The van der Waals surface area contributed by atoms with E-state index in [0.717, 1.165) is 5.65 Å². The number of fused-ring (bicyclic) bond motifs is 1. The minimum atomic E-state index is -0.519. The fraction of sp³-hybridized carbons (Fsp3) is 0.545. The zero-order valence-corrected chi connectivity index (χ0v) is 10.3. The molecule has 3 heterocycles. The Bertz CT molecular complexity index is 580. The topological polar surface area (TPSA) is 88.1 Å². The van der Waals surface area contributed by atoms with E-state index in [4.69, 9.17) is 15.2 Å². The third kappa shape index (κ3) is 1.91. The number of nitrogens with zero attached hydrogens (tertiary/aromatic N) is 4. The highest BCUT2D eigenvalue weighted by atomic mass is 16.7. The molecule has 0 radical (unpaired) electrons. The molecule has 0 bridgehead atoms. The smallest absolute Gasteiger partial charge is 0.165 e. The molecule has 0 saturated carbocycles. The van der Waals surface area contributed by atoms with E-state index in [2.05, 4.69) is 15.0 Å². The van der Waals surface area contributed by atoms with Gasteiger partial charge in [-0.1, -0.05) is 0 Å². The van der Waals surface area contributed by atoms with Gasteiger partial charge in [-0.3, -0.25) is 0 Å². The predicted molar refractivity (Wildman–Crippen MR) is 64.6 cm³/mol. The van der Waals surface area contributed by atoms with Gasteiger partial charge in [-0.25, -0.2) is 15.0 Å². The van der Waals surface area contributed by atoms with Crippen molar-refractivity contribution in [3.63, 3.8) is 0 Å². The van der Waals surface area contributed by atoms with Crippen LogP contribution in [0.15, 0.2) is 12.7 Å². The van der Waals surface area contributed by atoms with Crippen molar-refractivity contribution in [2.75, 3.05) is 12.3 Å². The van der Waals surface area contributed by atoms with Gasteiger partial charge < -0.3 is 19.8 Å². The Morgan fingerprint density at radius 3 is 3.00 bits per heavy atom. The molecule has 0 aliphatic carbocycles. The lowest BCUT2D eigenvalue weighted by Gasteiger charge is -2.17. The largest absolute Gasteiger partial charge is 0.382 e. The van der Waals surface area contributed by atoms with Crippen LogP contribution >= 0.6 is 0 Å². The van der Waals surface area contributed by atoms with Crippen molar-refractivity contribution in [3.8, 4) is 0 Å². The van der Waals surface area contributed by atoms with Crippen molar-refractivity contribution < 1.29 is 9.47 Å². The van der Waals surface area contributed by atoms with Gasteiger partial charge in [-0.2, -0.15) is 0 Å². The zero-order valence-electron chi connectivity index (χ0n) is 10.3. The molecule has 18 heavy (non-hydrogen) atoms. The number of rotatable bonds is 2. The third-order valence-electron chi connectivity index (χ3n) is 2.90. The first-order chi connectivity index (χ1) is 8.55. The lowest BCUT2D eigenvalue weighted by atomic mass is 10.3. The number of hydrogen-bond acceptors (Lipinski definition) is 6. The van der Waals surface area contributed by atoms with Crippen molar-refractivity contribution in [3.05, 3.63) is 12.7 Å². The summed E-state index contributed by atoms with van der Waals surface area (Å²) in [5, 5.41) is 0. The Morgan fingerprint density at radius 1 is 1.44 bits per heavy atom. The Morgan fingerprint density at radius 2 is 2.28 bits per heavy atom. The van der Waals surface area contributed by atoms with Crippen LogP contribution in [-0.2, 0) is 16.0 Å². The summed E-state index contributed by atoms with van der Waals surface area (Å²) < 4.78 is 13.2. The van der Waals surface area contributed by atoms with Crippen molar-refractivity contribution in [1.82, 2.24) is 19.5 Å². The molecule has 1 saturated heterocycles. The maximum absolute atomic E-state index is 5.76. The molecule has 1 aliphatic rings. The first-order valence-electron chi connectivity index (χ1n) is 5.78. The standard InChI is InChI=1S/C11H15N5O2/c1-11(2)17-4-7(18-11)3-16-6-15-8-9(12)13-5-14-10(8)16/h5-7H,3-4H2,1-2H3,(H2,12,13,14). The van der Waals surface area contributed by atoms with Crippen molar-refractivity contribution in [2.24, 2.45) is 0 Å². The van der Waals surface area contributed by atoms with Gasteiger partial charge in [0.1, 0.15) is 17.9 Å². The third-order valence-corrected chi connectivity index (χ3v) is 2.90. The van der Waals surface area contributed by atoms with Crippen LogP contribution in [0.5, 0.6) is 0 Å². The van der Waals surface area contributed by atoms with Crippen molar-refractivity contribution in [1.29, 1.82) is 0 Å². The van der Waals surface area contributed by atoms with Gasteiger partial charge in [0.15, 0.2) is 17.3 Å². The molecule has 1 aliphatic heterocycles. The predicted octanol–water partition coefficient (Wildman–Crippen LogP) is 0.560. The van der Waals surface area contributed by atoms with Gasteiger partial charge in [0, 0.05) is 0 Å². The quantitative estimate of drug-likeness (QED) is 0.836. The fourth-order valence-electron chi connectivity index (χ4n) is 2.10. The first kappa shape index (κ1) is 11.4.